The average molecular weight is 286 g/mol. The minimum Gasteiger partial charge on any atom is -0.457 e. The van der Waals surface area contributed by atoms with Crippen LogP contribution in [0.25, 0.3) is 10.8 Å². The third-order valence-electron chi connectivity index (χ3n) is 3.01. The summed E-state index contributed by atoms with van der Waals surface area (Å²) in [6.07, 6.45) is 1.61. The highest BCUT2D eigenvalue weighted by Crippen LogP contribution is 2.33. The van der Waals surface area contributed by atoms with Crippen molar-refractivity contribution in [3.05, 3.63) is 65.4 Å². The van der Waals surface area contributed by atoms with Crippen molar-refractivity contribution in [3.8, 4) is 11.5 Å². The number of rotatable bonds is 3. The van der Waals surface area contributed by atoms with Crippen molar-refractivity contribution < 1.29 is 9.84 Å². The zero-order valence-electron chi connectivity index (χ0n) is 10.6. The Hall–Kier alpha value is -2.10. The predicted molar refractivity (Wildman–Crippen MR) is 79.2 cm³/mol. The average Bonchev–Trinajstić information content (AvgIpc) is 2.51. The van der Waals surface area contributed by atoms with Crippen LogP contribution in [0.15, 0.2) is 54.7 Å². The number of hydrogen-bond acceptors (Lipinski definition) is 3. The summed E-state index contributed by atoms with van der Waals surface area (Å²) in [5.74, 6) is 1.36. The molecule has 0 amide bonds. The highest BCUT2D eigenvalue weighted by molar-refractivity contribution is 6.35. The van der Waals surface area contributed by atoms with Crippen molar-refractivity contribution in [2.75, 3.05) is 0 Å². The minimum absolute atomic E-state index is 0.113. The Labute approximate surface area is 121 Å². The standard InChI is InChI=1S/C16H12ClNO2/c17-15-5-6-16(14-4-2-1-3-13(14)15)20-12-7-8-18-11(9-12)10-19/h1-9,19H,10H2. The number of fused-ring (bicyclic) bond motifs is 1. The summed E-state index contributed by atoms with van der Waals surface area (Å²) in [6.45, 7) is -0.113. The molecule has 0 saturated carbocycles. The van der Waals surface area contributed by atoms with Gasteiger partial charge in [0.15, 0.2) is 0 Å². The molecule has 4 heteroatoms. The Morgan fingerprint density at radius 1 is 1.05 bits per heavy atom. The SMILES string of the molecule is OCc1cc(Oc2ccc(Cl)c3ccccc23)ccn1. The molecule has 0 aliphatic rings. The highest BCUT2D eigenvalue weighted by atomic mass is 35.5. The third-order valence-corrected chi connectivity index (χ3v) is 3.34. The number of halogens is 1. The van der Waals surface area contributed by atoms with Gasteiger partial charge in [-0.05, 0) is 18.2 Å². The van der Waals surface area contributed by atoms with Gasteiger partial charge >= 0.3 is 0 Å². The molecule has 3 aromatic rings. The normalized spacial score (nSPS) is 10.7. The van der Waals surface area contributed by atoms with Crippen LogP contribution in [0.3, 0.4) is 0 Å². The summed E-state index contributed by atoms with van der Waals surface area (Å²) in [7, 11) is 0. The first kappa shape index (κ1) is 12.9. The monoisotopic (exact) mass is 285 g/mol. The quantitative estimate of drug-likeness (QED) is 0.785. The van der Waals surface area contributed by atoms with Crippen molar-refractivity contribution >= 4 is 22.4 Å². The zero-order chi connectivity index (χ0) is 13.9. The number of aromatic nitrogens is 1. The van der Waals surface area contributed by atoms with E-state index in [1.54, 1.807) is 18.3 Å². The number of benzene rings is 2. The van der Waals surface area contributed by atoms with Crippen LogP contribution in [-0.4, -0.2) is 10.1 Å². The number of ether oxygens (including phenoxy) is 1. The molecule has 0 aliphatic heterocycles. The van der Waals surface area contributed by atoms with E-state index in [2.05, 4.69) is 4.98 Å². The van der Waals surface area contributed by atoms with Crippen molar-refractivity contribution in [1.29, 1.82) is 0 Å². The topological polar surface area (TPSA) is 42.4 Å². The minimum atomic E-state index is -0.113. The number of hydrogen-bond donors (Lipinski definition) is 1. The van der Waals surface area contributed by atoms with E-state index in [1.165, 1.54) is 0 Å². The van der Waals surface area contributed by atoms with Gasteiger partial charge in [0, 0.05) is 28.1 Å². The summed E-state index contributed by atoms with van der Waals surface area (Å²) < 4.78 is 5.88. The Bertz CT molecular complexity index is 758. The molecule has 3 rings (SSSR count). The van der Waals surface area contributed by atoms with Crippen LogP contribution in [0.4, 0.5) is 0 Å². The fraction of sp³-hybridized carbons (Fsp3) is 0.0625. The van der Waals surface area contributed by atoms with Gasteiger partial charge in [0.25, 0.3) is 0 Å². The molecule has 2 aromatic carbocycles. The molecule has 1 N–H and O–H groups in total. The zero-order valence-corrected chi connectivity index (χ0v) is 11.3. The molecule has 0 aliphatic carbocycles. The number of aliphatic hydroxyl groups is 1. The van der Waals surface area contributed by atoms with Crippen molar-refractivity contribution in [3.63, 3.8) is 0 Å². The maximum Gasteiger partial charge on any atom is 0.135 e. The van der Waals surface area contributed by atoms with Gasteiger partial charge < -0.3 is 9.84 Å². The van der Waals surface area contributed by atoms with Crippen LogP contribution in [0.2, 0.25) is 5.02 Å². The summed E-state index contributed by atoms with van der Waals surface area (Å²) >= 11 is 6.18. The van der Waals surface area contributed by atoms with Gasteiger partial charge in [-0.25, -0.2) is 0 Å². The number of pyridine rings is 1. The van der Waals surface area contributed by atoms with Gasteiger partial charge in [-0.15, -0.1) is 0 Å². The molecule has 3 nitrogen and oxygen atoms in total. The molecule has 0 unspecified atom stereocenters. The van der Waals surface area contributed by atoms with Gasteiger partial charge in [-0.2, -0.15) is 0 Å². The Balaban J connectivity index is 2.04. The second kappa shape index (κ2) is 5.49. The lowest BCUT2D eigenvalue weighted by molar-refractivity contribution is 0.276. The second-order valence-electron chi connectivity index (χ2n) is 4.33. The fourth-order valence-electron chi connectivity index (χ4n) is 2.06. The molecule has 0 bridgehead atoms. The highest BCUT2D eigenvalue weighted by Gasteiger charge is 2.06. The lowest BCUT2D eigenvalue weighted by atomic mass is 10.1. The van der Waals surface area contributed by atoms with E-state index in [-0.39, 0.29) is 6.61 Å². The molecule has 20 heavy (non-hydrogen) atoms. The maximum atomic E-state index is 9.10. The molecule has 0 fully saturated rings. The van der Waals surface area contributed by atoms with E-state index in [4.69, 9.17) is 21.4 Å². The van der Waals surface area contributed by atoms with Crippen LogP contribution in [0.1, 0.15) is 5.69 Å². The molecule has 1 heterocycles. The maximum absolute atomic E-state index is 9.10. The molecule has 100 valence electrons. The van der Waals surface area contributed by atoms with Crippen LogP contribution in [-0.2, 0) is 6.61 Å². The van der Waals surface area contributed by atoms with Crippen LogP contribution >= 0.6 is 11.6 Å². The van der Waals surface area contributed by atoms with Crippen molar-refractivity contribution in [1.82, 2.24) is 4.98 Å². The molecule has 0 atom stereocenters. The summed E-state index contributed by atoms with van der Waals surface area (Å²) in [5, 5.41) is 11.7. The van der Waals surface area contributed by atoms with E-state index in [0.29, 0.717) is 16.5 Å². The van der Waals surface area contributed by atoms with Crippen molar-refractivity contribution in [2.24, 2.45) is 0 Å². The van der Waals surface area contributed by atoms with Gasteiger partial charge in [0.05, 0.1) is 12.3 Å². The van der Waals surface area contributed by atoms with Crippen LogP contribution in [0.5, 0.6) is 11.5 Å². The Morgan fingerprint density at radius 3 is 2.65 bits per heavy atom. The first-order valence-corrected chi connectivity index (χ1v) is 6.56. The Morgan fingerprint density at radius 2 is 1.85 bits per heavy atom. The van der Waals surface area contributed by atoms with E-state index < -0.39 is 0 Å². The van der Waals surface area contributed by atoms with Gasteiger partial charge in [-0.3, -0.25) is 4.98 Å². The first-order valence-electron chi connectivity index (χ1n) is 6.19. The Kier molecular flexibility index (Phi) is 3.54. The third kappa shape index (κ3) is 2.46. The van der Waals surface area contributed by atoms with E-state index in [9.17, 15) is 0 Å². The summed E-state index contributed by atoms with van der Waals surface area (Å²) in [6, 6.07) is 14.9. The largest absolute Gasteiger partial charge is 0.457 e. The summed E-state index contributed by atoms with van der Waals surface area (Å²) in [5.41, 5.74) is 0.570. The first-order chi connectivity index (χ1) is 9.78. The predicted octanol–water partition coefficient (Wildman–Crippen LogP) is 4.17. The van der Waals surface area contributed by atoms with E-state index >= 15 is 0 Å². The fourth-order valence-corrected chi connectivity index (χ4v) is 2.28. The molecular formula is C16H12ClNO2. The molecule has 1 aromatic heterocycles. The molecular weight excluding hydrogens is 274 g/mol. The summed E-state index contributed by atoms with van der Waals surface area (Å²) in [4.78, 5) is 4.02. The lowest BCUT2D eigenvalue weighted by Gasteiger charge is -2.10. The number of nitrogens with zero attached hydrogens (tertiary/aromatic N) is 1. The number of aliphatic hydroxyl groups excluding tert-OH is 1. The lowest BCUT2D eigenvalue weighted by Crippen LogP contribution is -1.91. The molecule has 0 spiro atoms. The van der Waals surface area contributed by atoms with Crippen LogP contribution < -0.4 is 4.74 Å². The van der Waals surface area contributed by atoms with Gasteiger partial charge in [0.1, 0.15) is 11.5 Å². The van der Waals surface area contributed by atoms with Gasteiger partial charge in [0.2, 0.25) is 0 Å². The van der Waals surface area contributed by atoms with Crippen LogP contribution in [0, 0.1) is 0 Å². The van der Waals surface area contributed by atoms with E-state index in [0.717, 1.165) is 16.5 Å². The van der Waals surface area contributed by atoms with Gasteiger partial charge in [-0.1, -0.05) is 35.9 Å². The molecule has 0 saturated heterocycles. The smallest absolute Gasteiger partial charge is 0.135 e. The second-order valence-corrected chi connectivity index (χ2v) is 4.74. The van der Waals surface area contributed by atoms with Crippen molar-refractivity contribution in [2.45, 2.75) is 6.61 Å². The molecule has 0 radical (unpaired) electrons. The van der Waals surface area contributed by atoms with E-state index in [1.807, 2.05) is 36.4 Å².